The van der Waals surface area contributed by atoms with Gasteiger partial charge in [0.1, 0.15) is 6.26 Å². The zero-order chi connectivity index (χ0) is 12.5. The zero-order valence-corrected chi connectivity index (χ0v) is 9.89. The number of nitrogens with two attached hydrogens (primary N) is 1. The Hall–Kier alpha value is -2.27. The van der Waals surface area contributed by atoms with Crippen LogP contribution < -0.4 is 5.73 Å². The summed E-state index contributed by atoms with van der Waals surface area (Å²) < 4.78 is 10.1. The predicted molar refractivity (Wildman–Crippen MR) is 66.9 cm³/mol. The number of hydrogen-bond donors (Lipinski definition) is 1. The van der Waals surface area contributed by atoms with Gasteiger partial charge in [0, 0.05) is 5.69 Å². The van der Waals surface area contributed by atoms with Crippen molar-refractivity contribution in [2.24, 2.45) is 0 Å². The number of nitrogens with zero attached hydrogens (tertiary/aromatic N) is 2. The molecular weight excluding hydrogens is 254 g/mol. The van der Waals surface area contributed by atoms with E-state index in [-0.39, 0.29) is 5.89 Å². The van der Waals surface area contributed by atoms with E-state index in [9.17, 15) is 0 Å². The van der Waals surface area contributed by atoms with Gasteiger partial charge in [-0.3, -0.25) is 0 Å². The molecule has 0 bridgehead atoms. The fraction of sp³-hybridized carbons (Fsp3) is 0. The van der Waals surface area contributed by atoms with Gasteiger partial charge >= 0.3 is 0 Å². The Bertz CT molecular complexity index is 656. The number of halogens is 1. The molecule has 3 rings (SSSR count). The molecule has 6 heteroatoms. The summed E-state index contributed by atoms with van der Waals surface area (Å²) in [6.07, 6.45) is 3.07. The van der Waals surface area contributed by atoms with Crippen LogP contribution in [0.5, 0.6) is 0 Å². The molecule has 3 aromatic rings. The van der Waals surface area contributed by atoms with Crippen LogP contribution >= 0.6 is 11.6 Å². The van der Waals surface area contributed by atoms with Crippen LogP contribution in [0.4, 0.5) is 5.69 Å². The van der Waals surface area contributed by atoms with Crippen LogP contribution in [0.1, 0.15) is 0 Å². The van der Waals surface area contributed by atoms with Crippen LogP contribution in [-0.2, 0) is 0 Å². The zero-order valence-electron chi connectivity index (χ0n) is 9.13. The Kier molecular flexibility index (Phi) is 2.53. The monoisotopic (exact) mass is 261 g/mol. The summed E-state index contributed by atoms with van der Waals surface area (Å²) in [5, 5.41) is 4.33. The number of rotatable bonds is 2. The van der Waals surface area contributed by atoms with Crippen molar-refractivity contribution in [3.05, 3.63) is 41.8 Å². The maximum absolute atomic E-state index is 6.07. The van der Waals surface area contributed by atoms with Crippen molar-refractivity contribution in [1.82, 2.24) is 10.1 Å². The highest BCUT2D eigenvalue weighted by Crippen LogP contribution is 2.32. The summed E-state index contributed by atoms with van der Waals surface area (Å²) in [7, 11) is 0. The summed E-state index contributed by atoms with van der Waals surface area (Å²) in [6, 6.07) is 6.94. The number of furan rings is 1. The third-order valence-corrected chi connectivity index (χ3v) is 2.78. The minimum absolute atomic E-state index is 0.286. The molecule has 18 heavy (non-hydrogen) atoms. The number of hydrogen-bond acceptors (Lipinski definition) is 5. The predicted octanol–water partition coefficient (Wildman–Crippen LogP) is 3.23. The summed E-state index contributed by atoms with van der Waals surface area (Å²) >= 11 is 6.07. The average Bonchev–Trinajstić information content (AvgIpc) is 2.99. The van der Waals surface area contributed by atoms with E-state index in [0.717, 1.165) is 5.56 Å². The Morgan fingerprint density at radius 1 is 1.22 bits per heavy atom. The normalized spacial score (nSPS) is 10.7. The molecule has 0 saturated heterocycles. The first-order valence-corrected chi connectivity index (χ1v) is 5.54. The molecule has 2 aromatic heterocycles. The Labute approximate surface area is 107 Å². The average molecular weight is 262 g/mol. The molecule has 0 saturated carbocycles. The van der Waals surface area contributed by atoms with Crippen molar-refractivity contribution in [1.29, 1.82) is 0 Å². The molecule has 0 atom stereocenters. The van der Waals surface area contributed by atoms with Gasteiger partial charge in [0.25, 0.3) is 5.89 Å². The quantitative estimate of drug-likeness (QED) is 0.717. The lowest BCUT2D eigenvalue weighted by Crippen LogP contribution is -1.90. The van der Waals surface area contributed by atoms with Crippen LogP contribution in [-0.4, -0.2) is 10.1 Å². The van der Waals surface area contributed by atoms with Crippen LogP contribution in [0.3, 0.4) is 0 Å². The van der Waals surface area contributed by atoms with Crippen LogP contribution in [0, 0.1) is 0 Å². The van der Waals surface area contributed by atoms with Crippen LogP contribution in [0.15, 0.2) is 45.7 Å². The third kappa shape index (κ3) is 1.74. The molecule has 90 valence electrons. The highest BCUT2D eigenvalue weighted by atomic mass is 35.5. The molecule has 0 spiro atoms. The van der Waals surface area contributed by atoms with Crippen molar-refractivity contribution in [3.63, 3.8) is 0 Å². The van der Waals surface area contributed by atoms with E-state index in [0.29, 0.717) is 22.1 Å². The van der Waals surface area contributed by atoms with Crippen molar-refractivity contribution >= 4 is 17.3 Å². The summed E-state index contributed by atoms with van der Waals surface area (Å²) in [5.41, 5.74) is 7.62. The van der Waals surface area contributed by atoms with E-state index in [1.165, 1.54) is 12.5 Å². The van der Waals surface area contributed by atoms with E-state index in [4.69, 9.17) is 26.3 Å². The van der Waals surface area contributed by atoms with Crippen molar-refractivity contribution < 1.29 is 8.94 Å². The largest absolute Gasteiger partial charge is 0.472 e. The first-order valence-electron chi connectivity index (χ1n) is 5.16. The summed E-state index contributed by atoms with van der Waals surface area (Å²) in [5.74, 6) is 0.715. The Morgan fingerprint density at radius 3 is 2.83 bits per heavy atom. The third-order valence-electron chi connectivity index (χ3n) is 2.47. The molecule has 0 fully saturated rings. The van der Waals surface area contributed by atoms with Crippen LogP contribution in [0.2, 0.25) is 5.02 Å². The molecule has 0 amide bonds. The number of anilines is 1. The van der Waals surface area contributed by atoms with E-state index in [2.05, 4.69) is 10.1 Å². The lowest BCUT2D eigenvalue weighted by molar-refractivity contribution is 0.432. The second kappa shape index (κ2) is 4.19. The minimum Gasteiger partial charge on any atom is -0.472 e. The number of nitrogen functional groups attached to an aromatic ring is 1. The highest BCUT2D eigenvalue weighted by Gasteiger charge is 2.16. The molecule has 5 nitrogen and oxygen atoms in total. The second-order valence-corrected chi connectivity index (χ2v) is 4.05. The lowest BCUT2D eigenvalue weighted by Gasteiger charge is -2.01. The van der Waals surface area contributed by atoms with Gasteiger partial charge in [-0.1, -0.05) is 22.8 Å². The fourth-order valence-electron chi connectivity index (χ4n) is 1.60. The molecular formula is C12H8ClN3O2. The Balaban J connectivity index is 2.09. The van der Waals surface area contributed by atoms with E-state index in [1.807, 2.05) is 0 Å². The van der Waals surface area contributed by atoms with Gasteiger partial charge in [-0.2, -0.15) is 4.98 Å². The summed E-state index contributed by atoms with van der Waals surface area (Å²) in [6.45, 7) is 0. The van der Waals surface area contributed by atoms with Gasteiger partial charge in [0.2, 0.25) is 5.82 Å². The molecule has 0 aliphatic rings. The molecule has 0 aliphatic heterocycles. The topological polar surface area (TPSA) is 78.1 Å². The maximum Gasteiger partial charge on any atom is 0.261 e. The second-order valence-electron chi connectivity index (χ2n) is 3.64. The number of aromatic nitrogens is 2. The standard InChI is InChI=1S/C12H8ClN3O2/c13-8-2-1-3-9(14)10(8)12-15-11(16-18-12)7-4-5-17-6-7/h1-6H,14H2. The van der Waals surface area contributed by atoms with Crippen molar-refractivity contribution in [2.75, 3.05) is 5.73 Å². The number of benzene rings is 1. The smallest absolute Gasteiger partial charge is 0.261 e. The molecule has 2 N–H and O–H groups in total. The molecule has 1 aromatic carbocycles. The molecule has 2 heterocycles. The first-order chi connectivity index (χ1) is 8.75. The van der Waals surface area contributed by atoms with Crippen molar-refractivity contribution in [2.45, 2.75) is 0 Å². The van der Waals surface area contributed by atoms with E-state index >= 15 is 0 Å². The molecule has 0 aliphatic carbocycles. The van der Waals surface area contributed by atoms with E-state index < -0.39 is 0 Å². The lowest BCUT2D eigenvalue weighted by atomic mass is 10.2. The van der Waals surface area contributed by atoms with E-state index in [1.54, 1.807) is 24.3 Å². The van der Waals surface area contributed by atoms with Gasteiger partial charge in [-0.25, -0.2) is 0 Å². The molecule has 0 unspecified atom stereocenters. The van der Waals surface area contributed by atoms with Gasteiger partial charge in [0.05, 0.1) is 22.4 Å². The fourth-order valence-corrected chi connectivity index (χ4v) is 1.86. The first kappa shape index (κ1) is 10.9. The van der Waals surface area contributed by atoms with Crippen LogP contribution in [0.25, 0.3) is 22.8 Å². The SMILES string of the molecule is Nc1cccc(Cl)c1-c1nc(-c2ccoc2)no1. The highest BCUT2D eigenvalue weighted by molar-refractivity contribution is 6.33. The van der Waals surface area contributed by atoms with Gasteiger partial charge in [0.15, 0.2) is 0 Å². The minimum atomic E-state index is 0.286. The van der Waals surface area contributed by atoms with Gasteiger partial charge < -0.3 is 14.7 Å². The summed E-state index contributed by atoms with van der Waals surface area (Å²) in [4.78, 5) is 4.24. The van der Waals surface area contributed by atoms with Gasteiger partial charge in [-0.05, 0) is 18.2 Å². The Morgan fingerprint density at radius 2 is 2.11 bits per heavy atom. The maximum atomic E-state index is 6.07. The molecule has 0 radical (unpaired) electrons. The van der Waals surface area contributed by atoms with Crippen molar-refractivity contribution in [3.8, 4) is 22.8 Å². The van der Waals surface area contributed by atoms with Gasteiger partial charge in [-0.15, -0.1) is 0 Å².